The average Bonchev–Trinajstić information content (AvgIpc) is 2.94. The van der Waals surface area contributed by atoms with Crippen LogP contribution in [0.15, 0.2) is 24.3 Å². The first-order valence-corrected chi connectivity index (χ1v) is 10.2. The van der Waals surface area contributed by atoms with E-state index in [0.29, 0.717) is 17.6 Å². The van der Waals surface area contributed by atoms with Gasteiger partial charge in [-0.15, -0.1) is 0 Å². The highest BCUT2D eigenvalue weighted by Gasteiger charge is 2.44. The van der Waals surface area contributed by atoms with Crippen LogP contribution in [0.5, 0.6) is 0 Å². The van der Waals surface area contributed by atoms with Crippen LogP contribution in [0.1, 0.15) is 38.2 Å². The molecular weight excluding hydrogens is 318 g/mol. The van der Waals surface area contributed by atoms with Gasteiger partial charge in [-0.1, -0.05) is 32.0 Å². The molecule has 3 unspecified atom stereocenters. The second kappa shape index (κ2) is 6.21. The maximum absolute atomic E-state index is 13.3. The zero-order valence-corrected chi connectivity index (χ0v) is 15.2. The van der Waals surface area contributed by atoms with Gasteiger partial charge in [0.25, 0.3) is 0 Å². The van der Waals surface area contributed by atoms with Crippen LogP contribution in [0, 0.1) is 23.7 Å². The standard InChI is InChI=1S/C20H25NO2S/c1-12(2)17-9-21(18-6-4-3-5-16(17)18)20(23)13-7-14-10-24-11-15(8-13)19(14)22/h3-6,12-15,17H,7-11H2,1-2H3. The molecule has 0 N–H and O–H groups in total. The highest BCUT2D eigenvalue weighted by atomic mass is 32.2. The van der Waals surface area contributed by atoms with E-state index in [1.54, 1.807) is 0 Å². The zero-order valence-electron chi connectivity index (χ0n) is 14.4. The number of amides is 1. The van der Waals surface area contributed by atoms with Crippen LogP contribution in [-0.2, 0) is 9.59 Å². The number of hydrogen-bond donors (Lipinski definition) is 0. The van der Waals surface area contributed by atoms with Crippen molar-refractivity contribution in [1.82, 2.24) is 0 Å². The quantitative estimate of drug-likeness (QED) is 0.821. The third-order valence-corrected chi connectivity index (χ3v) is 7.28. The van der Waals surface area contributed by atoms with Crippen molar-refractivity contribution in [3.63, 3.8) is 0 Å². The first kappa shape index (κ1) is 16.2. The topological polar surface area (TPSA) is 37.4 Å². The number of thioether (sulfide) groups is 1. The number of para-hydroxylation sites is 1. The Morgan fingerprint density at radius 1 is 1.17 bits per heavy atom. The molecule has 1 aromatic rings. The first-order valence-electron chi connectivity index (χ1n) is 9.08. The predicted molar refractivity (Wildman–Crippen MR) is 98.4 cm³/mol. The summed E-state index contributed by atoms with van der Waals surface area (Å²) in [5.41, 5.74) is 2.40. The molecule has 0 radical (unpaired) electrons. The number of Topliss-reactive ketones (excluding diaryl/α,β-unsaturated/α-hetero) is 1. The molecule has 2 bridgehead atoms. The van der Waals surface area contributed by atoms with Crippen LogP contribution in [0.4, 0.5) is 5.69 Å². The van der Waals surface area contributed by atoms with Gasteiger partial charge >= 0.3 is 0 Å². The van der Waals surface area contributed by atoms with E-state index in [1.807, 2.05) is 22.7 Å². The number of nitrogens with zero attached hydrogens (tertiary/aromatic N) is 1. The number of ketones is 1. The molecule has 1 amide bonds. The Bertz CT molecular complexity index is 655. The molecule has 0 aromatic heterocycles. The molecule has 2 aliphatic heterocycles. The summed E-state index contributed by atoms with van der Waals surface area (Å²) >= 11 is 1.88. The number of anilines is 1. The number of benzene rings is 1. The zero-order chi connectivity index (χ0) is 16.8. The highest BCUT2D eigenvalue weighted by Crippen LogP contribution is 2.44. The fourth-order valence-electron chi connectivity index (χ4n) is 4.64. The SMILES string of the molecule is CC(C)C1CN(C(=O)C2CC3CSCC(C2)C3=O)c2ccccc21. The Balaban J connectivity index is 1.58. The summed E-state index contributed by atoms with van der Waals surface area (Å²) < 4.78 is 0. The maximum Gasteiger partial charge on any atom is 0.230 e. The maximum atomic E-state index is 13.3. The number of rotatable bonds is 2. The third-order valence-electron chi connectivity index (χ3n) is 6.01. The minimum absolute atomic E-state index is 0.0255. The average molecular weight is 343 g/mol. The van der Waals surface area contributed by atoms with Gasteiger partial charge in [0.2, 0.25) is 5.91 Å². The van der Waals surface area contributed by atoms with Crippen LogP contribution in [0.2, 0.25) is 0 Å². The van der Waals surface area contributed by atoms with Crippen molar-refractivity contribution in [2.24, 2.45) is 23.7 Å². The van der Waals surface area contributed by atoms with E-state index in [9.17, 15) is 9.59 Å². The second-order valence-corrected chi connectivity index (χ2v) is 8.94. The third kappa shape index (κ3) is 2.59. The van der Waals surface area contributed by atoms with E-state index in [1.165, 1.54) is 5.56 Å². The lowest BCUT2D eigenvalue weighted by atomic mass is 9.74. The van der Waals surface area contributed by atoms with Crippen molar-refractivity contribution in [3.8, 4) is 0 Å². The van der Waals surface area contributed by atoms with E-state index >= 15 is 0 Å². The summed E-state index contributed by atoms with van der Waals surface area (Å²) in [7, 11) is 0. The Morgan fingerprint density at radius 3 is 2.50 bits per heavy atom. The van der Waals surface area contributed by atoms with E-state index in [0.717, 1.165) is 36.6 Å². The molecule has 1 saturated carbocycles. The van der Waals surface area contributed by atoms with Gasteiger partial charge < -0.3 is 4.90 Å². The molecule has 3 aliphatic rings. The Morgan fingerprint density at radius 2 is 1.83 bits per heavy atom. The van der Waals surface area contributed by atoms with Gasteiger partial charge in [0.05, 0.1) is 0 Å². The molecule has 1 aromatic carbocycles. The highest BCUT2D eigenvalue weighted by molar-refractivity contribution is 7.99. The number of carbonyl (C=O) groups is 2. The number of carbonyl (C=O) groups excluding carboxylic acids is 2. The minimum Gasteiger partial charge on any atom is -0.311 e. The normalized spacial score (nSPS) is 32.1. The predicted octanol–water partition coefficient (Wildman–Crippen LogP) is 3.73. The van der Waals surface area contributed by atoms with Crippen LogP contribution in [0.25, 0.3) is 0 Å². The molecule has 4 heteroatoms. The lowest BCUT2D eigenvalue weighted by Crippen LogP contribution is -2.45. The Hall–Kier alpha value is -1.29. The monoisotopic (exact) mass is 343 g/mol. The molecule has 2 fully saturated rings. The van der Waals surface area contributed by atoms with Gasteiger partial charge in [-0.05, 0) is 30.4 Å². The van der Waals surface area contributed by atoms with Crippen molar-refractivity contribution in [2.75, 3.05) is 23.0 Å². The van der Waals surface area contributed by atoms with Crippen LogP contribution >= 0.6 is 11.8 Å². The van der Waals surface area contributed by atoms with Gasteiger partial charge in [0.15, 0.2) is 0 Å². The largest absolute Gasteiger partial charge is 0.311 e. The van der Waals surface area contributed by atoms with Gasteiger partial charge in [0.1, 0.15) is 5.78 Å². The van der Waals surface area contributed by atoms with E-state index in [4.69, 9.17) is 0 Å². The van der Waals surface area contributed by atoms with E-state index in [2.05, 4.69) is 32.0 Å². The summed E-state index contributed by atoms with van der Waals surface area (Å²) in [5.74, 6) is 3.66. The molecule has 1 aliphatic carbocycles. The molecule has 3 nitrogen and oxygen atoms in total. The summed E-state index contributed by atoms with van der Waals surface area (Å²) in [6.07, 6.45) is 1.51. The van der Waals surface area contributed by atoms with Crippen molar-refractivity contribution >= 4 is 29.1 Å². The molecule has 24 heavy (non-hydrogen) atoms. The smallest absolute Gasteiger partial charge is 0.230 e. The van der Waals surface area contributed by atoms with Gasteiger partial charge in [-0.2, -0.15) is 11.8 Å². The van der Waals surface area contributed by atoms with Crippen molar-refractivity contribution < 1.29 is 9.59 Å². The molecular formula is C20H25NO2S. The Kier molecular flexibility index (Phi) is 4.19. The summed E-state index contributed by atoms with van der Waals surface area (Å²) in [6, 6.07) is 8.35. The molecule has 4 rings (SSSR count). The van der Waals surface area contributed by atoms with Crippen LogP contribution < -0.4 is 4.90 Å². The molecule has 3 atom stereocenters. The molecule has 2 heterocycles. The summed E-state index contributed by atoms with van der Waals surface area (Å²) in [4.78, 5) is 27.6. The lowest BCUT2D eigenvalue weighted by Gasteiger charge is -2.38. The van der Waals surface area contributed by atoms with E-state index < -0.39 is 0 Å². The molecule has 1 saturated heterocycles. The minimum atomic E-state index is 0.0255. The lowest BCUT2D eigenvalue weighted by molar-refractivity contribution is -0.133. The van der Waals surface area contributed by atoms with Crippen LogP contribution in [-0.4, -0.2) is 29.7 Å². The molecule has 0 spiro atoms. The van der Waals surface area contributed by atoms with E-state index in [-0.39, 0.29) is 23.7 Å². The summed E-state index contributed by atoms with van der Waals surface area (Å²) in [6.45, 7) is 5.26. The Labute approximate surface area is 148 Å². The number of hydrogen-bond acceptors (Lipinski definition) is 3. The first-order chi connectivity index (χ1) is 11.6. The van der Waals surface area contributed by atoms with Gasteiger partial charge in [-0.3, -0.25) is 9.59 Å². The second-order valence-electron chi connectivity index (χ2n) is 7.86. The van der Waals surface area contributed by atoms with Crippen molar-refractivity contribution in [2.45, 2.75) is 32.6 Å². The van der Waals surface area contributed by atoms with Crippen molar-refractivity contribution in [3.05, 3.63) is 29.8 Å². The van der Waals surface area contributed by atoms with Gasteiger partial charge in [0, 0.05) is 47.4 Å². The fourth-order valence-corrected chi connectivity index (χ4v) is 5.95. The number of fused-ring (bicyclic) bond motifs is 3. The van der Waals surface area contributed by atoms with Crippen molar-refractivity contribution in [1.29, 1.82) is 0 Å². The fraction of sp³-hybridized carbons (Fsp3) is 0.600. The molecule has 128 valence electrons. The van der Waals surface area contributed by atoms with Crippen LogP contribution in [0.3, 0.4) is 0 Å². The summed E-state index contributed by atoms with van der Waals surface area (Å²) in [5, 5.41) is 0. The van der Waals surface area contributed by atoms with Gasteiger partial charge in [-0.25, -0.2) is 0 Å².